The minimum Gasteiger partial charge on any atom is -0.487 e. The summed E-state index contributed by atoms with van der Waals surface area (Å²) < 4.78 is 5.61. The Hall–Kier alpha value is -2.80. The summed E-state index contributed by atoms with van der Waals surface area (Å²) in [6, 6.07) is 11.5. The number of benzene rings is 1. The number of carboxylic acid groups (broad SMARTS) is 1. The number of rotatable bonds is 4. The highest BCUT2D eigenvalue weighted by molar-refractivity contribution is 5.70. The number of nitrogens with zero attached hydrogens (tertiary/aromatic N) is 1. The molecule has 1 aromatic heterocycles. The van der Waals surface area contributed by atoms with E-state index in [9.17, 15) is 4.79 Å². The van der Waals surface area contributed by atoms with E-state index >= 15 is 0 Å². The van der Waals surface area contributed by atoms with Crippen LogP contribution in [-0.2, 0) is 11.4 Å². The third-order valence-corrected chi connectivity index (χ3v) is 2.43. The number of aromatic nitrogens is 1. The molecular weight excluding hydrogens is 254 g/mol. The molecule has 1 aromatic carbocycles. The highest BCUT2D eigenvalue weighted by Crippen LogP contribution is 2.12. The van der Waals surface area contributed by atoms with Gasteiger partial charge in [-0.2, -0.15) is 0 Å². The second-order valence-corrected chi connectivity index (χ2v) is 4.06. The van der Waals surface area contributed by atoms with Gasteiger partial charge in [0.15, 0.2) is 0 Å². The molecule has 0 aliphatic heterocycles. The van der Waals surface area contributed by atoms with Crippen LogP contribution in [0.15, 0.2) is 48.8 Å². The predicted molar refractivity (Wildman–Crippen MR) is 74.1 cm³/mol. The Morgan fingerprint density at radius 2 is 2.05 bits per heavy atom. The van der Waals surface area contributed by atoms with Crippen LogP contribution in [0, 0.1) is 11.8 Å². The van der Waals surface area contributed by atoms with Crippen LogP contribution in [0.1, 0.15) is 17.5 Å². The zero-order valence-electron chi connectivity index (χ0n) is 10.7. The first kappa shape index (κ1) is 13.6. The van der Waals surface area contributed by atoms with Crippen molar-refractivity contribution in [3.63, 3.8) is 0 Å². The van der Waals surface area contributed by atoms with Crippen LogP contribution in [-0.4, -0.2) is 16.1 Å². The largest absolute Gasteiger partial charge is 0.487 e. The maximum atomic E-state index is 10.4. The van der Waals surface area contributed by atoms with Gasteiger partial charge in [0, 0.05) is 11.8 Å². The molecule has 100 valence electrons. The monoisotopic (exact) mass is 267 g/mol. The molecule has 0 aliphatic carbocycles. The Bertz CT molecular complexity index is 642. The third-order valence-electron chi connectivity index (χ3n) is 2.43. The van der Waals surface area contributed by atoms with E-state index in [0.717, 1.165) is 5.56 Å². The summed E-state index contributed by atoms with van der Waals surface area (Å²) in [5, 5.41) is 8.51. The zero-order valence-corrected chi connectivity index (χ0v) is 10.7. The fraction of sp³-hybridized carbons (Fsp3) is 0.125. The van der Waals surface area contributed by atoms with E-state index < -0.39 is 5.97 Å². The van der Waals surface area contributed by atoms with Gasteiger partial charge in [-0.1, -0.05) is 42.2 Å². The van der Waals surface area contributed by atoms with Crippen molar-refractivity contribution < 1.29 is 14.6 Å². The molecule has 0 atom stereocenters. The minimum absolute atomic E-state index is 0.185. The molecule has 20 heavy (non-hydrogen) atoms. The molecular formula is C16H13NO3. The normalized spacial score (nSPS) is 9.40. The Labute approximate surface area is 117 Å². The average molecular weight is 267 g/mol. The highest BCUT2D eigenvalue weighted by Gasteiger charge is 1.97. The second kappa shape index (κ2) is 6.95. The zero-order chi connectivity index (χ0) is 14.2. The first-order valence-corrected chi connectivity index (χ1v) is 6.06. The quantitative estimate of drug-likeness (QED) is 0.865. The number of hydrogen-bond donors (Lipinski definition) is 1. The molecule has 0 radical (unpaired) electrons. The van der Waals surface area contributed by atoms with Gasteiger partial charge in [-0.15, -0.1) is 0 Å². The molecule has 1 heterocycles. The van der Waals surface area contributed by atoms with Gasteiger partial charge in [0.05, 0.1) is 6.20 Å². The van der Waals surface area contributed by atoms with Crippen LogP contribution < -0.4 is 4.74 Å². The average Bonchev–Trinajstić information content (AvgIpc) is 2.46. The summed E-state index contributed by atoms with van der Waals surface area (Å²) in [6.45, 7) is 0.453. The molecule has 2 rings (SSSR count). The van der Waals surface area contributed by atoms with Crippen LogP contribution in [0.2, 0.25) is 0 Å². The van der Waals surface area contributed by atoms with Crippen LogP contribution >= 0.6 is 0 Å². The van der Waals surface area contributed by atoms with Gasteiger partial charge in [0.1, 0.15) is 18.8 Å². The van der Waals surface area contributed by atoms with Crippen molar-refractivity contribution in [3.05, 3.63) is 59.9 Å². The van der Waals surface area contributed by atoms with Gasteiger partial charge in [-0.05, 0) is 11.6 Å². The smallest absolute Gasteiger partial charge is 0.315 e. The Balaban J connectivity index is 1.98. The summed E-state index contributed by atoms with van der Waals surface area (Å²) >= 11 is 0. The molecule has 4 nitrogen and oxygen atoms in total. The number of hydrogen-bond acceptors (Lipinski definition) is 3. The second-order valence-electron chi connectivity index (χ2n) is 4.06. The summed E-state index contributed by atoms with van der Waals surface area (Å²) in [7, 11) is 0. The molecule has 0 saturated carbocycles. The fourth-order valence-corrected chi connectivity index (χ4v) is 1.53. The van der Waals surface area contributed by atoms with Crippen molar-refractivity contribution in [2.75, 3.05) is 0 Å². The van der Waals surface area contributed by atoms with Gasteiger partial charge < -0.3 is 9.84 Å². The van der Waals surface area contributed by atoms with E-state index in [2.05, 4.69) is 16.8 Å². The maximum Gasteiger partial charge on any atom is 0.315 e. The van der Waals surface area contributed by atoms with E-state index in [1.54, 1.807) is 18.5 Å². The van der Waals surface area contributed by atoms with Crippen molar-refractivity contribution in [1.29, 1.82) is 0 Å². The lowest BCUT2D eigenvalue weighted by atomic mass is 10.2. The Morgan fingerprint density at radius 1 is 1.25 bits per heavy atom. The number of aliphatic carboxylic acids is 1. The summed E-state index contributed by atoms with van der Waals surface area (Å²) in [5.74, 6) is 4.96. The molecule has 0 unspecified atom stereocenters. The lowest BCUT2D eigenvalue weighted by molar-refractivity contribution is -0.135. The standard InChI is InChI=1S/C16H13NO3/c18-16(19)8-4-7-14-9-15(11-17-10-14)20-12-13-5-2-1-3-6-13/h1-3,5-6,9-11H,8,12H2,(H,18,19). The van der Waals surface area contributed by atoms with E-state index in [1.165, 1.54) is 0 Å². The predicted octanol–water partition coefficient (Wildman–Crippen LogP) is 2.49. The summed E-state index contributed by atoms with van der Waals surface area (Å²) in [6.07, 6.45) is 2.99. The van der Waals surface area contributed by atoms with Gasteiger partial charge >= 0.3 is 5.97 Å². The van der Waals surface area contributed by atoms with Crippen LogP contribution in [0.5, 0.6) is 5.75 Å². The first-order valence-electron chi connectivity index (χ1n) is 6.06. The highest BCUT2D eigenvalue weighted by atomic mass is 16.5. The van der Waals surface area contributed by atoms with Gasteiger partial charge in [-0.3, -0.25) is 9.78 Å². The summed E-state index contributed by atoms with van der Waals surface area (Å²) in [5.41, 5.74) is 1.70. The van der Waals surface area contributed by atoms with Gasteiger partial charge in [-0.25, -0.2) is 0 Å². The number of pyridine rings is 1. The van der Waals surface area contributed by atoms with Gasteiger partial charge in [0.25, 0.3) is 0 Å². The molecule has 2 aromatic rings. The number of carboxylic acids is 1. The van der Waals surface area contributed by atoms with E-state index in [1.807, 2.05) is 30.3 Å². The number of ether oxygens (including phenoxy) is 1. The van der Waals surface area contributed by atoms with Crippen LogP contribution in [0.3, 0.4) is 0 Å². The topological polar surface area (TPSA) is 59.4 Å². The van der Waals surface area contributed by atoms with Crippen molar-refractivity contribution in [3.8, 4) is 17.6 Å². The van der Waals surface area contributed by atoms with Crippen LogP contribution in [0.25, 0.3) is 0 Å². The molecule has 0 fully saturated rings. The lowest BCUT2D eigenvalue weighted by Gasteiger charge is -2.05. The maximum absolute atomic E-state index is 10.4. The third kappa shape index (κ3) is 4.46. The molecule has 1 N–H and O–H groups in total. The Morgan fingerprint density at radius 3 is 2.80 bits per heavy atom. The molecule has 0 bridgehead atoms. The van der Waals surface area contributed by atoms with E-state index in [0.29, 0.717) is 17.9 Å². The van der Waals surface area contributed by atoms with Crippen molar-refractivity contribution in [1.82, 2.24) is 4.98 Å². The van der Waals surface area contributed by atoms with Crippen molar-refractivity contribution in [2.24, 2.45) is 0 Å². The van der Waals surface area contributed by atoms with Crippen molar-refractivity contribution in [2.45, 2.75) is 13.0 Å². The number of carbonyl (C=O) groups is 1. The SMILES string of the molecule is O=C(O)CC#Cc1cncc(OCc2ccccc2)c1. The first-order chi connectivity index (χ1) is 9.74. The fourth-order valence-electron chi connectivity index (χ4n) is 1.53. The van der Waals surface area contributed by atoms with Crippen molar-refractivity contribution >= 4 is 5.97 Å². The summed E-state index contributed by atoms with van der Waals surface area (Å²) in [4.78, 5) is 14.4. The lowest BCUT2D eigenvalue weighted by Crippen LogP contribution is -1.96. The van der Waals surface area contributed by atoms with Gasteiger partial charge in [0.2, 0.25) is 0 Å². The Kier molecular flexibility index (Phi) is 4.74. The van der Waals surface area contributed by atoms with Crippen LogP contribution in [0.4, 0.5) is 0 Å². The molecule has 0 aliphatic rings. The molecule has 0 spiro atoms. The molecule has 0 amide bonds. The van der Waals surface area contributed by atoms with E-state index in [4.69, 9.17) is 9.84 Å². The molecule has 4 heteroatoms. The minimum atomic E-state index is -0.943. The molecule has 0 saturated heterocycles. The van der Waals surface area contributed by atoms with E-state index in [-0.39, 0.29) is 6.42 Å².